The summed E-state index contributed by atoms with van der Waals surface area (Å²) >= 11 is 0. The van der Waals surface area contributed by atoms with Crippen LogP contribution in [0.3, 0.4) is 0 Å². The molecule has 1 aliphatic heterocycles. The Bertz CT molecular complexity index is 853. The van der Waals surface area contributed by atoms with Gasteiger partial charge in [-0.3, -0.25) is 14.3 Å². The summed E-state index contributed by atoms with van der Waals surface area (Å²) in [5.74, 6) is 1.93. The lowest BCUT2D eigenvalue weighted by Crippen LogP contribution is -2.47. The Morgan fingerprint density at radius 3 is 2.96 bits per heavy atom. The van der Waals surface area contributed by atoms with Crippen LogP contribution in [0.25, 0.3) is 11.2 Å². The molecule has 0 bridgehead atoms. The minimum absolute atomic E-state index is 0.0304. The minimum Gasteiger partial charge on any atom is -0.391 e. The van der Waals surface area contributed by atoms with E-state index in [2.05, 4.69) is 20.9 Å². The van der Waals surface area contributed by atoms with Gasteiger partial charge >= 0.3 is 0 Å². The van der Waals surface area contributed by atoms with Crippen LogP contribution in [0.2, 0.25) is 0 Å². The number of nitrogens with two attached hydrogens (primary N) is 1. The Morgan fingerprint density at radius 2 is 2.35 bits per heavy atom. The molecule has 10 nitrogen and oxygen atoms in total. The number of fused-ring (bicyclic) bond motifs is 1. The SMILES string of the molecule is C#C[C@@]1(O)C(O)[C@@H]([C@H](C)O)O[C@H]1n1cnc2c(=O)[nH]c(N)nc21. The van der Waals surface area contributed by atoms with E-state index in [0.717, 1.165) is 0 Å². The zero-order valence-electron chi connectivity index (χ0n) is 12.0. The highest BCUT2D eigenvalue weighted by Gasteiger charge is 2.57. The third kappa shape index (κ3) is 2.10. The molecule has 23 heavy (non-hydrogen) atoms. The highest BCUT2D eigenvalue weighted by atomic mass is 16.6. The van der Waals surface area contributed by atoms with Gasteiger partial charge in [-0.1, -0.05) is 5.92 Å². The van der Waals surface area contributed by atoms with E-state index >= 15 is 0 Å². The number of nitrogen functional groups attached to an aromatic ring is 1. The van der Waals surface area contributed by atoms with Crippen LogP contribution in [0, 0.1) is 12.3 Å². The number of aromatic amines is 1. The van der Waals surface area contributed by atoms with Crippen molar-refractivity contribution in [1.29, 1.82) is 0 Å². The Hall–Kier alpha value is -2.45. The Balaban J connectivity index is 2.18. The summed E-state index contributed by atoms with van der Waals surface area (Å²) in [6, 6.07) is 0. The minimum atomic E-state index is -2.14. The van der Waals surface area contributed by atoms with Crippen LogP contribution in [0.5, 0.6) is 0 Å². The molecule has 0 aliphatic carbocycles. The summed E-state index contributed by atoms with van der Waals surface area (Å²) in [4.78, 5) is 22.0. The van der Waals surface area contributed by atoms with E-state index in [9.17, 15) is 20.1 Å². The second-order valence-electron chi connectivity index (χ2n) is 5.38. The third-order valence-corrected chi connectivity index (χ3v) is 3.83. The van der Waals surface area contributed by atoms with Crippen molar-refractivity contribution in [3.63, 3.8) is 0 Å². The number of rotatable bonds is 2. The van der Waals surface area contributed by atoms with Crippen LogP contribution in [0.4, 0.5) is 5.95 Å². The molecular weight excluding hydrogens is 306 g/mol. The largest absolute Gasteiger partial charge is 0.391 e. The van der Waals surface area contributed by atoms with Crippen molar-refractivity contribution in [3.05, 3.63) is 16.7 Å². The molecule has 0 radical (unpaired) electrons. The van der Waals surface area contributed by atoms with Crippen LogP contribution in [-0.4, -0.2) is 58.8 Å². The van der Waals surface area contributed by atoms with Crippen molar-refractivity contribution < 1.29 is 20.1 Å². The van der Waals surface area contributed by atoms with E-state index in [1.54, 1.807) is 0 Å². The highest BCUT2D eigenvalue weighted by molar-refractivity contribution is 5.70. The summed E-state index contributed by atoms with van der Waals surface area (Å²) in [5.41, 5.74) is 2.80. The number of aromatic nitrogens is 4. The van der Waals surface area contributed by atoms with Gasteiger partial charge in [0.15, 0.2) is 23.0 Å². The summed E-state index contributed by atoms with van der Waals surface area (Å²) in [5, 5.41) is 30.5. The number of ether oxygens (including phenoxy) is 1. The predicted octanol–water partition coefficient (Wildman–Crippen LogP) is -2.29. The van der Waals surface area contributed by atoms with Crippen molar-refractivity contribution in [2.24, 2.45) is 0 Å². The number of aliphatic hydroxyl groups excluding tert-OH is 2. The van der Waals surface area contributed by atoms with E-state index in [4.69, 9.17) is 16.9 Å². The van der Waals surface area contributed by atoms with Crippen molar-refractivity contribution in [3.8, 4) is 12.3 Å². The van der Waals surface area contributed by atoms with Gasteiger partial charge in [0.1, 0.15) is 12.2 Å². The number of imidazole rings is 1. The first-order chi connectivity index (χ1) is 10.8. The maximum atomic E-state index is 11.8. The molecule has 0 amide bonds. The molecule has 0 saturated carbocycles. The van der Waals surface area contributed by atoms with Crippen molar-refractivity contribution >= 4 is 17.1 Å². The Labute approximate surface area is 129 Å². The summed E-state index contributed by atoms with van der Waals surface area (Å²) in [6.45, 7) is 1.39. The van der Waals surface area contributed by atoms with Crippen LogP contribution >= 0.6 is 0 Å². The quantitative estimate of drug-likeness (QED) is 0.386. The highest BCUT2D eigenvalue weighted by Crippen LogP contribution is 2.40. The molecule has 1 saturated heterocycles. The number of nitrogens with one attached hydrogen (secondary N) is 1. The second kappa shape index (κ2) is 5.04. The molecule has 6 N–H and O–H groups in total. The average Bonchev–Trinajstić information content (AvgIpc) is 3.00. The predicted molar refractivity (Wildman–Crippen MR) is 77.9 cm³/mol. The van der Waals surface area contributed by atoms with Gasteiger partial charge in [0, 0.05) is 0 Å². The zero-order valence-corrected chi connectivity index (χ0v) is 12.0. The molecule has 10 heteroatoms. The fraction of sp³-hybridized carbons (Fsp3) is 0.462. The maximum absolute atomic E-state index is 11.8. The van der Waals surface area contributed by atoms with E-state index in [1.165, 1.54) is 17.8 Å². The molecule has 5 atom stereocenters. The fourth-order valence-electron chi connectivity index (χ4n) is 2.65. The standard InChI is InChI=1S/C13H15N5O5/c1-3-13(22)8(20)7(5(2)19)23-11(13)18-4-15-6-9(18)16-12(14)17-10(6)21/h1,4-5,7-8,11,19-20,22H,2H3,(H3,14,16,17,21)/t5-,7+,8?,11+,13+/m0/s1. The van der Waals surface area contributed by atoms with Gasteiger partial charge in [0.05, 0.1) is 12.4 Å². The van der Waals surface area contributed by atoms with Gasteiger partial charge in [-0.2, -0.15) is 4.98 Å². The number of hydrogen-bond acceptors (Lipinski definition) is 8. The van der Waals surface area contributed by atoms with E-state index in [-0.39, 0.29) is 17.1 Å². The fourth-order valence-corrected chi connectivity index (χ4v) is 2.65. The van der Waals surface area contributed by atoms with Gasteiger partial charge in [-0.25, -0.2) is 4.98 Å². The molecule has 3 rings (SSSR count). The van der Waals surface area contributed by atoms with Crippen molar-refractivity contribution in [2.75, 3.05) is 5.73 Å². The second-order valence-corrected chi connectivity index (χ2v) is 5.38. The van der Waals surface area contributed by atoms with E-state index < -0.39 is 35.7 Å². The van der Waals surface area contributed by atoms with Crippen molar-refractivity contribution in [1.82, 2.24) is 19.5 Å². The normalized spacial score (nSPS) is 32.0. The van der Waals surface area contributed by atoms with Crippen LogP contribution < -0.4 is 11.3 Å². The molecular formula is C13H15N5O5. The lowest BCUT2D eigenvalue weighted by Gasteiger charge is -2.26. The van der Waals surface area contributed by atoms with Gasteiger partial charge in [0.2, 0.25) is 5.95 Å². The lowest BCUT2D eigenvalue weighted by molar-refractivity contribution is -0.0846. The van der Waals surface area contributed by atoms with Gasteiger partial charge in [-0.05, 0) is 6.92 Å². The van der Waals surface area contributed by atoms with Crippen LogP contribution in [0.15, 0.2) is 11.1 Å². The lowest BCUT2D eigenvalue weighted by atomic mass is 9.93. The average molecular weight is 321 g/mol. The molecule has 1 aliphatic rings. The molecule has 2 aromatic heterocycles. The van der Waals surface area contributed by atoms with Crippen LogP contribution in [-0.2, 0) is 4.74 Å². The van der Waals surface area contributed by atoms with Gasteiger partial charge in [0.25, 0.3) is 5.56 Å². The molecule has 122 valence electrons. The van der Waals surface area contributed by atoms with E-state index in [0.29, 0.717) is 0 Å². The number of nitrogens with zero attached hydrogens (tertiary/aromatic N) is 3. The first-order valence-electron chi connectivity index (χ1n) is 6.73. The maximum Gasteiger partial charge on any atom is 0.280 e. The zero-order chi connectivity index (χ0) is 16.9. The smallest absolute Gasteiger partial charge is 0.280 e. The Kier molecular flexibility index (Phi) is 3.38. The van der Waals surface area contributed by atoms with Crippen molar-refractivity contribution in [2.45, 2.75) is 37.1 Å². The third-order valence-electron chi connectivity index (χ3n) is 3.83. The number of aliphatic hydroxyl groups is 3. The number of terminal acetylenes is 1. The van der Waals surface area contributed by atoms with Gasteiger partial charge < -0.3 is 25.8 Å². The molecule has 3 heterocycles. The molecule has 1 unspecified atom stereocenters. The molecule has 1 fully saturated rings. The molecule has 0 spiro atoms. The summed E-state index contributed by atoms with van der Waals surface area (Å²) in [7, 11) is 0. The van der Waals surface area contributed by atoms with Crippen LogP contribution in [0.1, 0.15) is 13.2 Å². The number of hydrogen-bond donors (Lipinski definition) is 5. The number of anilines is 1. The molecule has 0 aromatic carbocycles. The summed E-state index contributed by atoms with van der Waals surface area (Å²) < 4.78 is 6.71. The number of H-pyrrole nitrogens is 1. The summed E-state index contributed by atoms with van der Waals surface area (Å²) in [6.07, 6.45) is 1.47. The molecule has 2 aromatic rings. The first kappa shape index (κ1) is 15.4. The first-order valence-corrected chi connectivity index (χ1v) is 6.73. The Morgan fingerprint density at radius 1 is 1.65 bits per heavy atom. The van der Waals surface area contributed by atoms with Gasteiger partial charge in [-0.15, -0.1) is 6.42 Å². The van der Waals surface area contributed by atoms with E-state index in [1.807, 2.05) is 0 Å². The topological polar surface area (TPSA) is 160 Å². The monoisotopic (exact) mass is 321 g/mol.